The molecule has 0 rings (SSSR count). The lowest BCUT2D eigenvalue weighted by molar-refractivity contribution is -0.167. The molecule has 1 unspecified atom stereocenters. The van der Waals surface area contributed by atoms with Crippen molar-refractivity contribution in [1.82, 2.24) is 0 Å². The van der Waals surface area contributed by atoms with Crippen molar-refractivity contribution < 1.29 is 28.6 Å². The van der Waals surface area contributed by atoms with Gasteiger partial charge in [-0.25, -0.2) is 0 Å². The number of unbranched alkanes of at least 4 members (excludes halogenated alkanes) is 37. The molecule has 0 fully saturated rings. The summed E-state index contributed by atoms with van der Waals surface area (Å²) in [6.07, 6.45) is 53.8. The van der Waals surface area contributed by atoms with Crippen LogP contribution < -0.4 is 0 Å². The summed E-state index contributed by atoms with van der Waals surface area (Å²) in [6.45, 7) is 9.08. The van der Waals surface area contributed by atoms with Crippen LogP contribution in [0.25, 0.3) is 0 Å². The number of carbonyl (C=O) groups excluding carboxylic acids is 3. The number of carbonyl (C=O) groups is 3. The average molecular weight is 877 g/mol. The lowest BCUT2D eigenvalue weighted by Crippen LogP contribution is -2.30. The Hall–Kier alpha value is -1.59. The molecule has 0 aromatic rings. The Morgan fingerprint density at radius 2 is 0.565 bits per heavy atom. The molecule has 0 aromatic heterocycles. The highest BCUT2D eigenvalue weighted by molar-refractivity contribution is 5.71. The van der Waals surface area contributed by atoms with Gasteiger partial charge in [-0.2, -0.15) is 0 Å². The monoisotopic (exact) mass is 877 g/mol. The largest absolute Gasteiger partial charge is 0.462 e. The van der Waals surface area contributed by atoms with E-state index in [1.54, 1.807) is 0 Å². The zero-order chi connectivity index (χ0) is 45.2. The Morgan fingerprint density at radius 3 is 0.839 bits per heavy atom. The molecule has 0 aliphatic rings. The van der Waals surface area contributed by atoms with Gasteiger partial charge in [-0.05, 0) is 25.2 Å². The van der Waals surface area contributed by atoms with Crippen LogP contribution in [0, 0.1) is 5.92 Å². The number of hydrogen-bond acceptors (Lipinski definition) is 6. The van der Waals surface area contributed by atoms with Crippen LogP contribution in [0.1, 0.15) is 317 Å². The summed E-state index contributed by atoms with van der Waals surface area (Å²) in [6, 6.07) is 0. The number of hydrogen-bond donors (Lipinski definition) is 0. The fourth-order valence-electron chi connectivity index (χ4n) is 8.54. The van der Waals surface area contributed by atoms with Gasteiger partial charge in [0.1, 0.15) is 13.2 Å². The third-order valence-electron chi connectivity index (χ3n) is 13.2. The fourth-order valence-corrected chi connectivity index (χ4v) is 8.54. The normalized spacial score (nSPS) is 12.4. The van der Waals surface area contributed by atoms with E-state index in [0.717, 1.165) is 63.7 Å². The molecular formula is C56H108O6. The van der Waals surface area contributed by atoms with Crippen LogP contribution in [0.4, 0.5) is 0 Å². The molecule has 0 amide bonds. The smallest absolute Gasteiger partial charge is 0.306 e. The number of rotatable bonds is 51. The van der Waals surface area contributed by atoms with Gasteiger partial charge in [0.15, 0.2) is 6.10 Å². The summed E-state index contributed by atoms with van der Waals surface area (Å²) >= 11 is 0. The summed E-state index contributed by atoms with van der Waals surface area (Å²) in [4.78, 5) is 37.9. The van der Waals surface area contributed by atoms with Crippen molar-refractivity contribution in [3.63, 3.8) is 0 Å². The van der Waals surface area contributed by atoms with Crippen LogP contribution in [0.5, 0.6) is 0 Å². The SMILES string of the molecule is CCCCCCCCCCCCCC(=O)OC[C@H](COC(=O)CCCCCCCCCCCCCCCCCCCCC(C)CC)OC(=O)CCCCCCCCCCCCC. The Morgan fingerprint density at radius 1 is 0.323 bits per heavy atom. The molecule has 0 saturated heterocycles. The molecule has 0 radical (unpaired) electrons. The van der Waals surface area contributed by atoms with Crippen molar-refractivity contribution in [1.29, 1.82) is 0 Å². The van der Waals surface area contributed by atoms with Gasteiger partial charge in [-0.1, -0.05) is 278 Å². The average Bonchev–Trinajstić information content (AvgIpc) is 3.27. The van der Waals surface area contributed by atoms with Gasteiger partial charge < -0.3 is 14.2 Å². The second-order valence-corrected chi connectivity index (χ2v) is 19.5. The minimum atomic E-state index is -0.760. The Bertz CT molecular complexity index is 935. The topological polar surface area (TPSA) is 78.9 Å². The number of esters is 3. The molecule has 0 spiro atoms. The van der Waals surface area contributed by atoms with Crippen molar-refractivity contribution in [2.75, 3.05) is 13.2 Å². The second kappa shape index (κ2) is 50.4. The quantitative estimate of drug-likeness (QED) is 0.0344. The van der Waals surface area contributed by atoms with E-state index < -0.39 is 6.10 Å². The molecule has 0 aromatic carbocycles. The molecule has 6 nitrogen and oxygen atoms in total. The first-order valence-electron chi connectivity index (χ1n) is 27.9. The number of ether oxygens (including phenoxy) is 3. The highest BCUT2D eigenvalue weighted by Crippen LogP contribution is 2.18. The maximum atomic E-state index is 12.8. The van der Waals surface area contributed by atoms with Crippen LogP contribution in [0.15, 0.2) is 0 Å². The van der Waals surface area contributed by atoms with Gasteiger partial charge in [-0.3, -0.25) is 14.4 Å². The molecule has 0 aliphatic heterocycles. The molecule has 0 bridgehead atoms. The minimum absolute atomic E-state index is 0.0622. The van der Waals surface area contributed by atoms with Crippen molar-refractivity contribution in [3.8, 4) is 0 Å². The zero-order valence-corrected chi connectivity index (χ0v) is 42.3. The lowest BCUT2D eigenvalue weighted by Gasteiger charge is -2.18. The predicted octanol–water partition coefficient (Wildman–Crippen LogP) is 18.2. The van der Waals surface area contributed by atoms with Crippen molar-refractivity contribution in [2.24, 2.45) is 5.92 Å². The van der Waals surface area contributed by atoms with E-state index in [1.807, 2.05) is 0 Å². The van der Waals surface area contributed by atoms with Crippen LogP contribution in [0.3, 0.4) is 0 Å². The van der Waals surface area contributed by atoms with E-state index in [4.69, 9.17) is 14.2 Å². The fraction of sp³-hybridized carbons (Fsp3) is 0.946. The highest BCUT2D eigenvalue weighted by Gasteiger charge is 2.19. The third kappa shape index (κ3) is 47.9. The Balaban J connectivity index is 4.17. The van der Waals surface area contributed by atoms with E-state index >= 15 is 0 Å². The first-order valence-corrected chi connectivity index (χ1v) is 27.9. The summed E-state index contributed by atoms with van der Waals surface area (Å²) < 4.78 is 16.8. The first kappa shape index (κ1) is 60.4. The predicted molar refractivity (Wildman–Crippen MR) is 266 cm³/mol. The maximum absolute atomic E-state index is 12.8. The molecule has 0 saturated carbocycles. The van der Waals surface area contributed by atoms with E-state index in [1.165, 1.54) is 212 Å². The van der Waals surface area contributed by atoms with E-state index in [-0.39, 0.29) is 31.1 Å². The van der Waals surface area contributed by atoms with Crippen LogP contribution in [0.2, 0.25) is 0 Å². The molecule has 0 heterocycles. The molecule has 368 valence electrons. The summed E-state index contributed by atoms with van der Waals surface area (Å²) in [5, 5.41) is 0. The Labute approximate surface area is 387 Å². The zero-order valence-electron chi connectivity index (χ0n) is 42.3. The van der Waals surface area contributed by atoms with Gasteiger partial charge in [0.2, 0.25) is 0 Å². The van der Waals surface area contributed by atoms with Gasteiger partial charge in [0.05, 0.1) is 0 Å². The second-order valence-electron chi connectivity index (χ2n) is 19.5. The third-order valence-corrected chi connectivity index (χ3v) is 13.2. The molecule has 6 heteroatoms. The molecule has 0 aliphatic carbocycles. The molecule has 2 atom stereocenters. The van der Waals surface area contributed by atoms with Gasteiger partial charge in [-0.15, -0.1) is 0 Å². The lowest BCUT2D eigenvalue weighted by atomic mass is 9.99. The highest BCUT2D eigenvalue weighted by atomic mass is 16.6. The van der Waals surface area contributed by atoms with Crippen molar-refractivity contribution in [2.45, 2.75) is 323 Å². The Kier molecular flexibility index (Phi) is 49.1. The first-order chi connectivity index (χ1) is 30.4. The summed E-state index contributed by atoms with van der Waals surface area (Å²) in [5.41, 5.74) is 0. The summed E-state index contributed by atoms with van der Waals surface area (Å²) in [5.74, 6) is 0.0688. The van der Waals surface area contributed by atoms with E-state index in [9.17, 15) is 14.4 Å². The van der Waals surface area contributed by atoms with Gasteiger partial charge in [0, 0.05) is 19.3 Å². The maximum Gasteiger partial charge on any atom is 0.306 e. The standard InChI is InChI=1S/C56H108O6/c1-5-8-10-12-14-16-26-31-35-39-43-47-54(57)60-50-53(62-56(59)49-45-41-37-33-27-17-15-13-11-9-6-2)51-61-55(58)48-44-40-36-32-29-25-23-21-19-18-20-22-24-28-30-34-38-42-46-52(4)7-3/h52-53H,5-51H2,1-4H3/t52?,53-/m1/s1. The molecular weight excluding hydrogens is 769 g/mol. The minimum Gasteiger partial charge on any atom is -0.462 e. The van der Waals surface area contributed by atoms with Gasteiger partial charge in [0.25, 0.3) is 0 Å². The van der Waals surface area contributed by atoms with Crippen LogP contribution in [-0.4, -0.2) is 37.2 Å². The van der Waals surface area contributed by atoms with Crippen LogP contribution >= 0.6 is 0 Å². The molecule has 62 heavy (non-hydrogen) atoms. The molecule has 0 N–H and O–H groups in total. The summed E-state index contributed by atoms with van der Waals surface area (Å²) in [7, 11) is 0. The van der Waals surface area contributed by atoms with Crippen molar-refractivity contribution in [3.05, 3.63) is 0 Å². The van der Waals surface area contributed by atoms with Gasteiger partial charge >= 0.3 is 17.9 Å². The van der Waals surface area contributed by atoms with E-state index in [0.29, 0.717) is 19.3 Å². The van der Waals surface area contributed by atoms with Crippen LogP contribution in [-0.2, 0) is 28.6 Å². The van der Waals surface area contributed by atoms with Crippen molar-refractivity contribution >= 4 is 17.9 Å². The van der Waals surface area contributed by atoms with E-state index in [2.05, 4.69) is 27.7 Å².